The largest absolute Gasteiger partial charge is 0.385 e. The maximum Gasteiger partial charge on any atom is 0.256 e. The van der Waals surface area contributed by atoms with Gasteiger partial charge in [-0.25, -0.2) is 4.39 Å². The van der Waals surface area contributed by atoms with Crippen LogP contribution in [-0.4, -0.2) is 37.6 Å². The third kappa shape index (κ3) is 9.93. The van der Waals surface area contributed by atoms with E-state index in [1.54, 1.807) is 29.2 Å². The number of amides is 2. The fraction of sp³-hybridized carbons (Fsp3) is 0.366. The van der Waals surface area contributed by atoms with Gasteiger partial charge in [0.15, 0.2) is 0 Å². The van der Waals surface area contributed by atoms with E-state index in [2.05, 4.69) is 80.0 Å². The number of nitrogens with one attached hydrogen (secondary N) is 3. The number of hydrogen-bond donors (Lipinski definition) is 3. The van der Waals surface area contributed by atoms with Gasteiger partial charge in [0, 0.05) is 53.7 Å². The van der Waals surface area contributed by atoms with Crippen molar-refractivity contribution in [2.24, 2.45) is 5.41 Å². The molecule has 3 N–H and O–H groups in total. The summed E-state index contributed by atoms with van der Waals surface area (Å²) in [5.41, 5.74) is 6.01. The maximum atomic E-state index is 14.2. The Hall–Kier alpha value is -4.24. The summed E-state index contributed by atoms with van der Waals surface area (Å²) in [4.78, 5) is 29.2. The number of hydrogen-bond acceptors (Lipinski definition) is 5. The number of fused-ring (bicyclic) bond motifs is 1. The highest BCUT2D eigenvalue weighted by atomic mass is 35.5. The van der Waals surface area contributed by atoms with Crippen LogP contribution in [0.4, 0.5) is 15.8 Å². The summed E-state index contributed by atoms with van der Waals surface area (Å²) >= 11 is 6.56. The van der Waals surface area contributed by atoms with Gasteiger partial charge in [0.05, 0.1) is 6.42 Å². The Labute approximate surface area is 300 Å². The van der Waals surface area contributed by atoms with Crippen LogP contribution in [0.5, 0.6) is 0 Å². The molecule has 0 spiro atoms. The van der Waals surface area contributed by atoms with Crippen molar-refractivity contribution in [2.75, 3.05) is 29.9 Å². The van der Waals surface area contributed by atoms with Crippen LogP contribution in [-0.2, 0) is 33.8 Å². The van der Waals surface area contributed by atoms with E-state index in [9.17, 15) is 14.0 Å². The highest BCUT2D eigenvalue weighted by Gasteiger charge is 2.39. The Morgan fingerprint density at radius 3 is 2.44 bits per heavy atom. The Morgan fingerprint density at radius 1 is 0.920 bits per heavy atom. The molecule has 9 heteroatoms. The topological polar surface area (TPSA) is 82.7 Å². The first-order valence-corrected chi connectivity index (χ1v) is 17.8. The number of carbonyl (C=O) groups excluding carboxylic acids is 2. The maximum absolute atomic E-state index is 14.2. The third-order valence-electron chi connectivity index (χ3n) is 8.67. The van der Waals surface area contributed by atoms with Crippen LogP contribution >= 0.6 is 11.6 Å². The van der Waals surface area contributed by atoms with Crippen LogP contribution in [0.25, 0.3) is 0 Å². The second-order valence-corrected chi connectivity index (χ2v) is 14.4. The van der Waals surface area contributed by atoms with Crippen molar-refractivity contribution in [3.05, 3.63) is 130 Å². The van der Waals surface area contributed by atoms with Gasteiger partial charge in [-0.2, -0.15) is 0 Å². The second kappa shape index (κ2) is 17.1. The average molecular weight is 699 g/mol. The van der Waals surface area contributed by atoms with Crippen molar-refractivity contribution >= 4 is 34.8 Å². The number of ether oxygens (including phenoxy) is 1. The molecule has 1 heterocycles. The lowest BCUT2D eigenvalue weighted by Crippen LogP contribution is -2.45. The van der Waals surface area contributed by atoms with E-state index in [4.69, 9.17) is 16.3 Å². The number of halogens is 2. The number of rotatable bonds is 14. The highest BCUT2D eigenvalue weighted by molar-refractivity contribution is 6.30. The predicted octanol–water partition coefficient (Wildman–Crippen LogP) is 8.21. The minimum Gasteiger partial charge on any atom is -0.385 e. The summed E-state index contributed by atoms with van der Waals surface area (Å²) < 4.78 is 20.9. The zero-order valence-electron chi connectivity index (χ0n) is 29.4. The van der Waals surface area contributed by atoms with Gasteiger partial charge in [-0.1, -0.05) is 100.0 Å². The molecule has 4 aromatic rings. The molecule has 0 fully saturated rings. The smallest absolute Gasteiger partial charge is 0.256 e. The van der Waals surface area contributed by atoms with Crippen LogP contribution in [0.2, 0.25) is 5.02 Å². The molecule has 0 radical (unpaired) electrons. The zero-order valence-corrected chi connectivity index (χ0v) is 30.2. The first-order chi connectivity index (χ1) is 24.0. The van der Waals surface area contributed by atoms with Gasteiger partial charge >= 0.3 is 0 Å². The van der Waals surface area contributed by atoms with Crippen molar-refractivity contribution in [1.82, 2.24) is 10.6 Å². The molecule has 264 valence electrons. The van der Waals surface area contributed by atoms with E-state index in [1.165, 1.54) is 17.3 Å². The van der Waals surface area contributed by atoms with Gasteiger partial charge < -0.3 is 25.6 Å². The zero-order chi connectivity index (χ0) is 35.7. The lowest BCUT2D eigenvalue weighted by Gasteiger charge is -2.31. The van der Waals surface area contributed by atoms with Gasteiger partial charge in [-0.3, -0.25) is 9.59 Å². The van der Waals surface area contributed by atoms with Crippen molar-refractivity contribution in [3.63, 3.8) is 0 Å². The Kier molecular flexibility index (Phi) is 12.7. The van der Waals surface area contributed by atoms with Crippen molar-refractivity contribution < 1.29 is 18.7 Å². The van der Waals surface area contributed by atoms with Gasteiger partial charge in [0.1, 0.15) is 18.0 Å². The van der Waals surface area contributed by atoms with Crippen molar-refractivity contribution in [2.45, 2.75) is 72.3 Å². The van der Waals surface area contributed by atoms with Crippen molar-refractivity contribution in [3.8, 4) is 0 Å². The van der Waals surface area contributed by atoms with E-state index in [-0.39, 0.29) is 24.3 Å². The van der Waals surface area contributed by atoms with Gasteiger partial charge in [-0.05, 0) is 71.8 Å². The summed E-state index contributed by atoms with van der Waals surface area (Å²) in [7, 11) is 0. The van der Waals surface area contributed by atoms with Crippen molar-refractivity contribution in [1.29, 1.82) is 0 Å². The van der Waals surface area contributed by atoms with Crippen LogP contribution in [0, 0.1) is 11.2 Å². The molecule has 2 amide bonds. The summed E-state index contributed by atoms with van der Waals surface area (Å²) in [6, 6.07) is 28.3. The van der Waals surface area contributed by atoms with E-state index >= 15 is 0 Å². The predicted molar refractivity (Wildman–Crippen MR) is 200 cm³/mol. The van der Waals surface area contributed by atoms with Gasteiger partial charge in [-0.15, -0.1) is 0 Å². The summed E-state index contributed by atoms with van der Waals surface area (Å²) in [5, 5.41) is 10.4. The number of aryl methyl sites for hydroxylation is 1. The standard InChI is InChI=1S/C41H48ClFN4O3/c1-5-29-13-7-9-17-35(29)45-21-11-20-44-25-28-12-10-15-30(22-28)39-33-23-32(42)18-19-36(33)47(27-41(2,3)4)40(49)37(50-39)24-38(48)46-26-31-14-6-8-16-34(31)43/h6-10,12-19,22-23,37,39,44-45H,5,11,20-21,24-27H2,1-4H3,(H,46,48). The molecule has 5 rings (SSSR count). The van der Waals surface area contributed by atoms with Gasteiger partial charge in [0.2, 0.25) is 5.91 Å². The summed E-state index contributed by atoms with van der Waals surface area (Å²) in [5.74, 6) is -1.11. The SMILES string of the molecule is CCc1ccccc1NCCCNCc1cccc(C2OC(CC(=O)NCc3ccccc3F)C(=O)N(CC(C)(C)C)c3ccc(Cl)cc32)c1. The molecule has 4 aromatic carbocycles. The molecule has 7 nitrogen and oxygen atoms in total. The molecule has 0 bridgehead atoms. The minimum absolute atomic E-state index is 0.00846. The first-order valence-electron chi connectivity index (χ1n) is 17.4. The quantitative estimate of drug-likeness (QED) is 0.116. The molecule has 0 saturated carbocycles. The lowest BCUT2D eigenvalue weighted by molar-refractivity contribution is -0.138. The molecule has 0 aliphatic carbocycles. The lowest BCUT2D eigenvalue weighted by atomic mass is 9.94. The Balaban J connectivity index is 1.33. The van der Waals surface area contributed by atoms with Crippen LogP contribution in [0.3, 0.4) is 0 Å². The monoisotopic (exact) mass is 698 g/mol. The minimum atomic E-state index is -1.08. The third-order valence-corrected chi connectivity index (χ3v) is 8.90. The molecule has 2 atom stereocenters. The molecule has 0 saturated heterocycles. The first kappa shape index (κ1) is 37.0. The molecule has 2 unspecified atom stereocenters. The Bertz CT molecular complexity index is 1770. The van der Waals surface area contributed by atoms with Crippen LogP contribution < -0.4 is 20.9 Å². The Morgan fingerprint density at radius 2 is 1.68 bits per heavy atom. The molecular weight excluding hydrogens is 651 g/mol. The number of benzene rings is 4. The average Bonchev–Trinajstić information content (AvgIpc) is 3.19. The second-order valence-electron chi connectivity index (χ2n) is 14.0. The van der Waals surface area contributed by atoms with Crippen LogP contribution in [0.1, 0.15) is 74.5 Å². The van der Waals surface area contributed by atoms with E-state index in [0.29, 0.717) is 29.4 Å². The van der Waals surface area contributed by atoms with Gasteiger partial charge in [0.25, 0.3) is 5.91 Å². The van der Waals surface area contributed by atoms with E-state index in [1.807, 2.05) is 24.3 Å². The molecule has 1 aliphatic heterocycles. The fourth-order valence-electron chi connectivity index (χ4n) is 6.21. The molecule has 50 heavy (non-hydrogen) atoms. The fourth-order valence-corrected chi connectivity index (χ4v) is 6.39. The van der Waals surface area contributed by atoms with E-state index in [0.717, 1.165) is 42.6 Å². The number of anilines is 2. The summed E-state index contributed by atoms with van der Waals surface area (Å²) in [6.07, 6.45) is -0.0110. The molecular formula is C41H48ClFN4O3. The highest BCUT2D eigenvalue weighted by Crippen LogP contribution is 2.41. The summed E-state index contributed by atoms with van der Waals surface area (Å²) in [6.45, 7) is 11.1. The molecule has 0 aromatic heterocycles. The number of carbonyl (C=O) groups is 2. The van der Waals surface area contributed by atoms with Crippen LogP contribution in [0.15, 0.2) is 91.0 Å². The normalized spacial score (nSPS) is 16.1. The number of nitrogens with zero attached hydrogens (tertiary/aromatic N) is 1. The molecule has 1 aliphatic rings. The van der Waals surface area contributed by atoms with E-state index < -0.39 is 23.9 Å². The number of para-hydroxylation sites is 1.